The van der Waals surface area contributed by atoms with Crippen LogP contribution in [0.1, 0.15) is 50.6 Å². The van der Waals surface area contributed by atoms with Crippen LogP contribution in [-0.4, -0.2) is 41.0 Å². The molecule has 128 valence electrons. The highest BCUT2D eigenvalue weighted by molar-refractivity contribution is 7.09. The summed E-state index contributed by atoms with van der Waals surface area (Å²) >= 11 is 1.58. The number of thiazole rings is 1. The Kier molecular flexibility index (Phi) is 5.79. The highest BCUT2D eigenvalue weighted by Crippen LogP contribution is 2.25. The van der Waals surface area contributed by atoms with Crippen LogP contribution in [0.4, 0.5) is 0 Å². The van der Waals surface area contributed by atoms with Crippen molar-refractivity contribution < 1.29 is 14.3 Å². The van der Waals surface area contributed by atoms with Crippen molar-refractivity contribution in [1.29, 1.82) is 0 Å². The Bertz CT molecular complexity index is 562. The third-order valence-corrected chi connectivity index (χ3v) is 4.94. The first-order valence-electron chi connectivity index (χ1n) is 8.13. The Morgan fingerprint density at radius 1 is 1.43 bits per heavy atom. The average Bonchev–Trinajstić information content (AvgIpc) is 3.06. The predicted molar refractivity (Wildman–Crippen MR) is 90.3 cm³/mol. The van der Waals surface area contributed by atoms with Gasteiger partial charge in [-0.1, -0.05) is 20.8 Å². The molecule has 1 amide bonds. The SMILES string of the molecule is Cc1ncsc1CCOC(=O)C1CCCN1C(=O)CC(C)(C)C. The monoisotopic (exact) mass is 338 g/mol. The minimum Gasteiger partial charge on any atom is -0.464 e. The van der Waals surface area contributed by atoms with Crippen LogP contribution >= 0.6 is 11.3 Å². The minimum atomic E-state index is -0.410. The van der Waals surface area contributed by atoms with E-state index in [1.165, 1.54) is 0 Å². The smallest absolute Gasteiger partial charge is 0.328 e. The molecule has 1 aliphatic heterocycles. The van der Waals surface area contributed by atoms with Gasteiger partial charge in [-0.15, -0.1) is 11.3 Å². The van der Waals surface area contributed by atoms with E-state index >= 15 is 0 Å². The quantitative estimate of drug-likeness (QED) is 0.775. The normalized spacial score (nSPS) is 18.3. The molecule has 0 spiro atoms. The molecule has 6 heteroatoms. The number of nitrogens with zero attached hydrogens (tertiary/aromatic N) is 2. The number of rotatable bonds is 5. The molecule has 0 radical (unpaired) electrons. The zero-order valence-corrected chi connectivity index (χ0v) is 15.2. The number of hydrogen-bond acceptors (Lipinski definition) is 5. The van der Waals surface area contributed by atoms with Crippen LogP contribution in [0.2, 0.25) is 0 Å². The van der Waals surface area contributed by atoms with Crippen LogP contribution in [0.25, 0.3) is 0 Å². The predicted octanol–water partition coefficient (Wildman–Crippen LogP) is 2.96. The van der Waals surface area contributed by atoms with Crippen LogP contribution in [0, 0.1) is 12.3 Å². The maximum atomic E-state index is 12.4. The van der Waals surface area contributed by atoms with Gasteiger partial charge in [-0.25, -0.2) is 9.78 Å². The van der Waals surface area contributed by atoms with Gasteiger partial charge in [-0.05, 0) is 25.2 Å². The molecule has 1 atom stereocenters. The molecule has 2 rings (SSSR count). The average molecular weight is 338 g/mol. The number of carbonyl (C=O) groups is 2. The molecule has 5 nitrogen and oxygen atoms in total. The third-order valence-electron chi connectivity index (χ3n) is 3.95. The fourth-order valence-corrected chi connectivity index (χ4v) is 3.53. The Morgan fingerprint density at radius 2 is 2.17 bits per heavy atom. The summed E-state index contributed by atoms with van der Waals surface area (Å²) in [7, 11) is 0. The lowest BCUT2D eigenvalue weighted by molar-refractivity contribution is -0.153. The van der Waals surface area contributed by atoms with Gasteiger partial charge in [0.25, 0.3) is 0 Å². The number of likely N-dealkylation sites (tertiary alicyclic amines) is 1. The summed E-state index contributed by atoms with van der Waals surface area (Å²) in [5.41, 5.74) is 2.72. The molecule has 0 saturated carbocycles. The summed E-state index contributed by atoms with van der Waals surface area (Å²) < 4.78 is 5.41. The summed E-state index contributed by atoms with van der Waals surface area (Å²) in [6.45, 7) is 9.06. The third kappa shape index (κ3) is 5.03. The highest BCUT2D eigenvalue weighted by atomic mass is 32.1. The number of aromatic nitrogens is 1. The summed E-state index contributed by atoms with van der Waals surface area (Å²) in [6, 6.07) is -0.410. The molecule has 1 aliphatic rings. The molecule has 0 aromatic carbocycles. The number of amides is 1. The zero-order chi connectivity index (χ0) is 17.0. The lowest BCUT2D eigenvalue weighted by atomic mass is 9.91. The summed E-state index contributed by atoms with van der Waals surface area (Å²) in [4.78, 5) is 31.7. The number of esters is 1. The van der Waals surface area contributed by atoms with E-state index in [2.05, 4.69) is 4.98 Å². The number of hydrogen-bond donors (Lipinski definition) is 0. The number of ether oxygens (including phenoxy) is 1. The first-order chi connectivity index (χ1) is 10.8. The Balaban J connectivity index is 1.85. The van der Waals surface area contributed by atoms with Crippen LogP contribution in [-0.2, 0) is 20.7 Å². The molecule has 0 bridgehead atoms. The molecule has 0 N–H and O–H groups in total. The van der Waals surface area contributed by atoms with E-state index in [1.54, 1.807) is 21.7 Å². The van der Waals surface area contributed by atoms with Gasteiger partial charge in [0.2, 0.25) is 5.91 Å². The van der Waals surface area contributed by atoms with E-state index in [9.17, 15) is 9.59 Å². The Morgan fingerprint density at radius 3 is 2.78 bits per heavy atom. The van der Waals surface area contributed by atoms with Crippen molar-refractivity contribution in [3.05, 3.63) is 16.1 Å². The van der Waals surface area contributed by atoms with E-state index in [-0.39, 0.29) is 17.3 Å². The molecular formula is C17H26N2O3S. The van der Waals surface area contributed by atoms with Gasteiger partial charge in [0, 0.05) is 24.3 Å². The second-order valence-corrected chi connectivity index (χ2v) is 8.20. The number of carbonyl (C=O) groups excluding carboxylic acids is 2. The van der Waals surface area contributed by atoms with E-state index in [0.717, 1.165) is 17.0 Å². The second kappa shape index (κ2) is 7.43. The van der Waals surface area contributed by atoms with Gasteiger partial charge in [0.1, 0.15) is 6.04 Å². The van der Waals surface area contributed by atoms with Gasteiger partial charge in [0.15, 0.2) is 0 Å². The van der Waals surface area contributed by atoms with Crippen molar-refractivity contribution >= 4 is 23.2 Å². The topological polar surface area (TPSA) is 59.5 Å². The second-order valence-electron chi connectivity index (χ2n) is 7.26. The lowest BCUT2D eigenvalue weighted by Crippen LogP contribution is -2.42. The van der Waals surface area contributed by atoms with Gasteiger partial charge in [-0.2, -0.15) is 0 Å². The molecule has 1 fully saturated rings. The maximum Gasteiger partial charge on any atom is 0.328 e. The lowest BCUT2D eigenvalue weighted by Gasteiger charge is -2.27. The Hall–Kier alpha value is -1.43. The first kappa shape index (κ1) is 17.9. The molecule has 1 aromatic rings. The van der Waals surface area contributed by atoms with E-state index < -0.39 is 6.04 Å². The van der Waals surface area contributed by atoms with E-state index in [4.69, 9.17) is 4.74 Å². The van der Waals surface area contributed by atoms with Crippen molar-refractivity contribution in [3.63, 3.8) is 0 Å². The molecule has 1 unspecified atom stereocenters. The van der Waals surface area contributed by atoms with Crippen molar-refractivity contribution in [2.75, 3.05) is 13.2 Å². The molecule has 1 aromatic heterocycles. The molecule has 23 heavy (non-hydrogen) atoms. The standard InChI is InChI=1S/C17H26N2O3S/c1-12-14(23-11-18-12)7-9-22-16(21)13-6-5-8-19(13)15(20)10-17(2,3)4/h11,13H,5-10H2,1-4H3. The number of aryl methyl sites for hydroxylation is 1. The van der Waals surface area contributed by atoms with Gasteiger partial charge < -0.3 is 9.64 Å². The van der Waals surface area contributed by atoms with Crippen LogP contribution in [0.3, 0.4) is 0 Å². The van der Waals surface area contributed by atoms with Crippen molar-refractivity contribution in [1.82, 2.24) is 9.88 Å². The van der Waals surface area contributed by atoms with Crippen molar-refractivity contribution in [2.45, 2.75) is 59.4 Å². The molecule has 0 aliphatic carbocycles. The van der Waals surface area contributed by atoms with E-state index in [1.807, 2.05) is 27.7 Å². The first-order valence-corrected chi connectivity index (χ1v) is 9.01. The van der Waals surface area contributed by atoms with Crippen LogP contribution in [0.15, 0.2) is 5.51 Å². The van der Waals surface area contributed by atoms with Crippen LogP contribution < -0.4 is 0 Å². The van der Waals surface area contributed by atoms with Gasteiger partial charge >= 0.3 is 5.97 Å². The fourth-order valence-electron chi connectivity index (χ4n) is 2.77. The largest absolute Gasteiger partial charge is 0.464 e. The van der Waals surface area contributed by atoms with E-state index in [0.29, 0.717) is 32.4 Å². The molecule has 2 heterocycles. The molecular weight excluding hydrogens is 312 g/mol. The fraction of sp³-hybridized carbons (Fsp3) is 0.706. The van der Waals surface area contributed by atoms with Gasteiger partial charge in [0.05, 0.1) is 17.8 Å². The summed E-state index contributed by atoms with van der Waals surface area (Å²) in [6.07, 6.45) is 2.71. The van der Waals surface area contributed by atoms with Crippen molar-refractivity contribution in [3.8, 4) is 0 Å². The minimum absolute atomic E-state index is 0.0512. The highest BCUT2D eigenvalue weighted by Gasteiger charge is 2.36. The maximum absolute atomic E-state index is 12.4. The zero-order valence-electron chi connectivity index (χ0n) is 14.4. The Labute approximate surface area is 142 Å². The summed E-state index contributed by atoms with van der Waals surface area (Å²) in [5, 5.41) is 0. The molecule has 1 saturated heterocycles. The van der Waals surface area contributed by atoms with Crippen LogP contribution in [0.5, 0.6) is 0 Å². The summed E-state index contributed by atoms with van der Waals surface area (Å²) in [5.74, 6) is -0.220. The van der Waals surface area contributed by atoms with Crippen molar-refractivity contribution in [2.24, 2.45) is 5.41 Å². The van der Waals surface area contributed by atoms with Gasteiger partial charge in [-0.3, -0.25) is 4.79 Å².